The van der Waals surface area contributed by atoms with Crippen LogP contribution in [0.1, 0.15) is 16.6 Å². The van der Waals surface area contributed by atoms with Crippen LogP contribution < -0.4 is 0 Å². The Kier molecular flexibility index (Phi) is 4.57. The van der Waals surface area contributed by atoms with Crippen molar-refractivity contribution in [2.24, 2.45) is 0 Å². The van der Waals surface area contributed by atoms with Gasteiger partial charge in [-0.1, -0.05) is 0 Å². The van der Waals surface area contributed by atoms with Crippen LogP contribution >= 0.6 is 27.3 Å². The first-order chi connectivity index (χ1) is 6.65. The summed E-state index contributed by atoms with van der Waals surface area (Å²) in [7, 11) is 1.57. The molecule has 1 atom stereocenters. The number of methoxy groups -OCH3 is 1. The van der Waals surface area contributed by atoms with Crippen LogP contribution in [0, 0.1) is 0 Å². The molecule has 0 aliphatic carbocycles. The lowest BCUT2D eigenvalue weighted by atomic mass is 10.4. The minimum Gasteiger partial charge on any atom is -0.456 e. The third-order valence-electron chi connectivity index (χ3n) is 1.51. The summed E-state index contributed by atoms with van der Waals surface area (Å²) in [6, 6.07) is 1.82. The normalized spacial score (nSPS) is 12.5. The number of thiophene rings is 1. The molecule has 0 N–H and O–H groups in total. The molecule has 5 heteroatoms. The Morgan fingerprint density at radius 3 is 2.93 bits per heavy atom. The molecule has 1 rings (SSSR count). The van der Waals surface area contributed by atoms with Gasteiger partial charge in [-0.05, 0) is 34.3 Å². The molecule has 0 unspecified atom stereocenters. The number of halogens is 1. The van der Waals surface area contributed by atoms with Crippen molar-refractivity contribution in [2.75, 3.05) is 13.7 Å². The van der Waals surface area contributed by atoms with Gasteiger partial charge in [0.2, 0.25) is 0 Å². The zero-order valence-corrected chi connectivity index (χ0v) is 10.4. The van der Waals surface area contributed by atoms with Gasteiger partial charge in [-0.25, -0.2) is 4.79 Å². The van der Waals surface area contributed by atoms with Gasteiger partial charge in [0.1, 0.15) is 11.0 Å². The van der Waals surface area contributed by atoms with Crippen molar-refractivity contribution < 1.29 is 14.3 Å². The number of hydrogen-bond acceptors (Lipinski definition) is 4. The SMILES string of the molecule is COC[C@@H](C)OC(=O)c1sccc1Br. The molecule has 3 nitrogen and oxygen atoms in total. The maximum Gasteiger partial charge on any atom is 0.349 e. The summed E-state index contributed by atoms with van der Waals surface area (Å²) in [5.74, 6) is -0.309. The monoisotopic (exact) mass is 278 g/mol. The van der Waals surface area contributed by atoms with E-state index in [-0.39, 0.29) is 12.1 Å². The number of carbonyl (C=O) groups excluding carboxylic acids is 1. The smallest absolute Gasteiger partial charge is 0.349 e. The molecule has 0 aliphatic heterocycles. The minimum absolute atomic E-state index is 0.221. The largest absolute Gasteiger partial charge is 0.456 e. The molecule has 0 saturated heterocycles. The summed E-state index contributed by atoms with van der Waals surface area (Å²) in [5.41, 5.74) is 0. The molecule has 0 saturated carbocycles. The lowest BCUT2D eigenvalue weighted by Crippen LogP contribution is -2.19. The summed E-state index contributed by atoms with van der Waals surface area (Å²) in [6.45, 7) is 2.21. The molecule has 0 aromatic carbocycles. The summed E-state index contributed by atoms with van der Waals surface area (Å²) in [6.07, 6.45) is -0.221. The Balaban J connectivity index is 2.55. The standard InChI is InChI=1S/C9H11BrO3S/c1-6(5-12-2)13-9(11)8-7(10)3-4-14-8/h3-4,6H,5H2,1-2H3/t6-/m1/s1. The lowest BCUT2D eigenvalue weighted by Gasteiger charge is -2.11. The molecular weight excluding hydrogens is 268 g/mol. The molecule has 1 heterocycles. The van der Waals surface area contributed by atoms with Crippen LogP contribution in [-0.2, 0) is 9.47 Å². The summed E-state index contributed by atoms with van der Waals surface area (Å²) in [4.78, 5) is 12.1. The predicted molar refractivity (Wildman–Crippen MR) is 58.8 cm³/mol. The number of hydrogen-bond donors (Lipinski definition) is 0. The highest BCUT2D eigenvalue weighted by Crippen LogP contribution is 2.23. The number of rotatable bonds is 4. The number of ether oxygens (including phenoxy) is 2. The minimum atomic E-state index is -0.309. The molecule has 14 heavy (non-hydrogen) atoms. The van der Waals surface area contributed by atoms with Gasteiger partial charge in [-0.3, -0.25) is 0 Å². The quantitative estimate of drug-likeness (QED) is 0.795. The van der Waals surface area contributed by atoms with E-state index in [1.54, 1.807) is 14.0 Å². The third-order valence-corrected chi connectivity index (χ3v) is 3.33. The van der Waals surface area contributed by atoms with Gasteiger partial charge in [0.25, 0.3) is 0 Å². The fourth-order valence-electron chi connectivity index (χ4n) is 0.944. The van der Waals surface area contributed by atoms with Crippen molar-refractivity contribution in [1.82, 2.24) is 0 Å². The Morgan fingerprint density at radius 1 is 1.71 bits per heavy atom. The fourth-order valence-corrected chi connectivity index (χ4v) is 2.36. The molecule has 1 aromatic heterocycles. The van der Waals surface area contributed by atoms with Crippen molar-refractivity contribution in [2.45, 2.75) is 13.0 Å². The Hall–Kier alpha value is -0.390. The fraction of sp³-hybridized carbons (Fsp3) is 0.444. The molecule has 0 fully saturated rings. The van der Waals surface area contributed by atoms with Gasteiger partial charge in [0.15, 0.2) is 0 Å². The second-order valence-electron chi connectivity index (χ2n) is 2.77. The van der Waals surface area contributed by atoms with Crippen LogP contribution in [0.3, 0.4) is 0 Å². The molecule has 1 aromatic rings. The van der Waals surface area contributed by atoms with Crippen LogP contribution in [0.25, 0.3) is 0 Å². The first kappa shape index (κ1) is 11.7. The average Bonchev–Trinajstić information content (AvgIpc) is 2.51. The topological polar surface area (TPSA) is 35.5 Å². The van der Waals surface area contributed by atoms with Crippen LogP contribution in [-0.4, -0.2) is 25.8 Å². The average molecular weight is 279 g/mol. The Bertz CT molecular complexity index is 311. The zero-order valence-electron chi connectivity index (χ0n) is 7.95. The van der Waals surface area contributed by atoms with Crippen molar-refractivity contribution in [3.05, 3.63) is 20.8 Å². The van der Waals surface area contributed by atoms with Gasteiger partial charge < -0.3 is 9.47 Å². The number of carbonyl (C=O) groups is 1. The first-order valence-corrected chi connectivity index (χ1v) is 5.75. The van der Waals surface area contributed by atoms with E-state index in [2.05, 4.69) is 15.9 Å². The highest BCUT2D eigenvalue weighted by atomic mass is 79.9. The van der Waals surface area contributed by atoms with Crippen LogP contribution in [0.2, 0.25) is 0 Å². The first-order valence-electron chi connectivity index (χ1n) is 4.08. The van der Waals surface area contributed by atoms with Crippen LogP contribution in [0.5, 0.6) is 0 Å². The number of esters is 1. The molecular formula is C9H11BrO3S. The molecule has 0 bridgehead atoms. The van der Waals surface area contributed by atoms with E-state index in [0.717, 1.165) is 4.47 Å². The van der Waals surface area contributed by atoms with Gasteiger partial charge in [-0.2, -0.15) is 0 Å². The summed E-state index contributed by atoms with van der Waals surface area (Å²) < 4.78 is 10.8. The second kappa shape index (κ2) is 5.48. The molecule has 0 radical (unpaired) electrons. The maximum atomic E-state index is 11.5. The Morgan fingerprint density at radius 2 is 2.43 bits per heavy atom. The van der Waals surface area contributed by atoms with E-state index < -0.39 is 0 Å². The Labute approximate surface area is 95.2 Å². The van der Waals surface area contributed by atoms with Crippen molar-refractivity contribution in [3.8, 4) is 0 Å². The van der Waals surface area contributed by atoms with E-state index in [1.165, 1.54) is 11.3 Å². The second-order valence-corrected chi connectivity index (χ2v) is 4.54. The molecule has 0 amide bonds. The summed E-state index contributed by atoms with van der Waals surface area (Å²) in [5, 5.41) is 1.83. The van der Waals surface area contributed by atoms with Crippen molar-refractivity contribution in [1.29, 1.82) is 0 Å². The van der Waals surface area contributed by atoms with Crippen molar-refractivity contribution in [3.63, 3.8) is 0 Å². The van der Waals surface area contributed by atoms with E-state index in [0.29, 0.717) is 11.5 Å². The summed E-state index contributed by atoms with van der Waals surface area (Å²) >= 11 is 4.63. The highest BCUT2D eigenvalue weighted by molar-refractivity contribution is 9.10. The van der Waals surface area contributed by atoms with Gasteiger partial charge in [-0.15, -0.1) is 11.3 Å². The highest BCUT2D eigenvalue weighted by Gasteiger charge is 2.15. The maximum absolute atomic E-state index is 11.5. The van der Waals surface area contributed by atoms with Crippen molar-refractivity contribution >= 4 is 33.2 Å². The van der Waals surface area contributed by atoms with Gasteiger partial charge in [0.05, 0.1) is 6.61 Å². The van der Waals surface area contributed by atoms with Crippen LogP contribution in [0.15, 0.2) is 15.9 Å². The lowest BCUT2D eigenvalue weighted by molar-refractivity contribution is 0.0124. The molecule has 0 aliphatic rings. The van der Waals surface area contributed by atoms with E-state index in [4.69, 9.17) is 9.47 Å². The van der Waals surface area contributed by atoms with Crippen LogP contribution in [0.4, 0.5) is 0 Å². The molecule has 78 valence electrons. The van der Waals surface area contributed by atoms with Gasteiger partial charge >= 0.3 is 5.97 Å². The van der Waals surface area contributed by atoms with E-state index >= 15 is 0 Å². The third kappa shape index (κ3) is 3.08. The molecule has 0 spiro atoms. The van der Waals surface area contributed by atoms with E-state index in [9.17, 15) is 4.79 Å². The van der Waals surface area contributed by atoms with E-state index in [1.807, 2.05) is 11.4 Å². The predicted octanol–water partition coefficient (Wildman–Crippen LogP) is 2.70. The van der Waals surface area contributed by atoms with Gasteiger partial charge in [0, 0.05) is 11.6 Å². The zero-order chi connectivity index (χ0) is 10.6.